The first kappa shape index (κ1) is 15.9. The van der Waals surface area contributed by atoms with E-state index in [9.17, 15) is 8.42 Å². The smallest absolute Gasteiger partial charge is 0.213 e. The lowest BCUT2D eigenvalue weighted by molar-refractivity contribution is 0.00859. The van der Waals surface area contributed by atoms with Crippen molar-refractivity contribution in [1.29, 1.82) is 0 Å². The Balaban J connectivity index is 2.31. The highest BCUT2D eigenvalue weighted by Gasteiger charge is 2.23. The molecule has 0 bridgehead atoms. The van der Waals surface area contributed by atoms with Gasteiger partial charge in [-0.25, -0.2) is 12.7 Å². The van der Waals surface area contributed by atoms with Crippen LogP contribution in [0, 0.1) is 0 Å². The summed E-state index contributed by atoms with van der Waals surface area (Å²) >= 11 is 0. The van der Waals surface area contributed by atoms with Crippen LogP contribution in [0.2, 0.25) is 0 Å². The Hall–Kier alpha value is -0.170. The van der Waals surface area contributed by atoms with Crippen LogP contribution in [0.15, 0.2) is 0 Å². The second-order valence-electron chi connectivity index (χ2n) is 4.79. The molecule has 0 aromatic carbocycles. The Kier molecular flexibility index (Phi) is 7.14. The standard InChI is InChI=1S/C12H26N2O3S/c1-3-13-8-6-10-18(15,16)14(2)11-12-7-4-5-9-17-12/h12-13H,3-11H2,1-2H3. The number of nitrogens with zero attached hydrogens (tertiary/aromatic N) is 1. The second kappa shape index (κ2) is 8.09. The average Bonchev–Trinajstić information content (AvgIpc) is 2.36. The molecule has 1 saturated heterocycles. The predicted octanol–water partition coefficient (Wildman–Crippen LogP) is 0.817. The number of sulfonamides is 1. The molecule has 1 fully saturated rings. The van der Waals surface area contributed by atoms with Crippen molar-refractivity contribution in [2.75, 3.05) is 39.0 Å². The van der Waals surface area contributed by atoms with E-state index in [4.69, 9.17) is 4.74 Å². The van der Waals surface area contributed by atoms with Gasteiger partial charge in [-0.3, -0.25) is 0 Å². The van der Waals surface area contributed by atoms with Gasteiger partial charge in [0.2, 0.25) is 10.0 Å². The number of hydrogen-bond acceptors (Lipinski definition) is 4. The SMILES string of the molecule is CCNCCCS(=O)(=O)N(C)CC1CCCCO1. The minimum atomic E-state index is -3.13. The number of likely N-dealkylation sites (N-methyl/N-ethyl adjacent to an activating group) is 1. The van der Waals surface area contributed by atoms with Crippen LogP contribution in [-0.2, 0) is 14.8 Å². The average molecular weight is 278 g/mol. The summed E-state index contributed by atoms with van der Waals surface area (Å²) in [7, 11) is -1.47. The van der Waals surface area contributed by atoms with Gasteiger partial charge in [0.1, 0.15) is 0 Å². The van der Waals surface area contributed by atoms with Crippen molar-refractivity contribution in [3.63, 3.8) is 0 Å². The fourth-order valence-electron chi connectivity index (χ4n) is 2.06. The van der Waals surface area contributed by atoms with Gasteiger partial charge in [0.05, 0.1) is 11.9 Å². The lowest BCUT2D eigenvalue weighted by Crippen LogP contribution is -2.38. The lowest BCUT2D eigenvalue weighted by Gasteiger charge is -2.27. The first-order valence-corrected chi connectivity index (χ1v) is 8.43. The summed E-state index contributed by atoms with van der Waals surface area (Å²) < 4.78 is 31.0. The first-order valence-electron chi connectivity index (χ1n) is 6.82. The zero-order chi connectivity index (χ0) is 13.4. The van der Waals surface area contributed by atoms with Crippen molar-refractivity contribution in [3.05, 3.63) is 0 Å². The van der Waals surface area contributed by atoms with Gasteiger partial charge in [-0.1, -0.05) is 6.92 Å². The minimum absolute atomic E-state index is 0.0762. The highest BCUT2D eigenvalue weighted by molar-refractivity contribution is 7.89. The molecule has 0 aliphatic carbocycles. The molecule has 1 unspecified atom stereocenters. The Morgan fingerprint density at radius 3 is 2.78 bits per heavy atom. The van der Waals surface area contributed by atoms with E-state index in [1.54, 1.807) is 7.05 Å². The zero-order valence-corrected chi connectivity index (χ0v) is 12.3. The maximum atomic E-state index is 12.0. The van der Waals surface area contributed by atoms with Gasteiger partial charge >= 0.3 is 0 Å². The summed E-state index contributed by atoms with van der Waals surface area (Å²) in [6.45, 7) is 4.90. The highest BCUT2D eigenvalue weighted by atomic mass is 32.2. The fraction of sp³-hybridized carbons (Fsp3) is 1.00. The van der Waals surface area contributed by atoms with E-state index in [2.05, 4.69) is 5.32 Å². The molecule has 1 aliphatic heterocycles. The summed E-state index contributed by atoms with van der Waals surface area (Å²) in [5, 5.41) is 3.13. The van der Waals surface area contributed by atoms with Gasteiger partial charge in [-0.05, 0) is 38.8 Å². The third-order valence-electron chi connectivity index (χ3n) is 3.22. The van der Waals surface area contributed by atoms with Crippen molar-refractivity contribution in [1.82, 2.24) is 9.62 Å². The van der Waals surface area contributed by atoms with E-state index in [1.807, 2.05) is 6.92 Å². The van der Waals surface area contributed by atoms with Crippen molar-refractivity contribution < 1.29 is 13.2 Å². The van der Waals surface area contributed by atoms with Crippen LogP contribution in [0.25, 0.3) is 0 Å². The molecule has 1 heterocycles. The third-order valence-corrected chi connectivity index (χ3v) is 5.12. The van der Waals surface area contributed by atoms with Crippen LogP contribution in [0.1, 0.15) is 32.6 Å². The van der Waals surface area contributed by atoms with Gasteiger partial charge in [0.15, 0.2) is 0 Å². The molecule has 0 aromatic heterocycles. The zero-order valence-electron chi connectivity index (χ0n) is 11.5. The van der Waals surface area contributed by atoms with E-state index in [-0.39, 0.29) is 11.9 Å². The molecule has 1 atom stereocenters. The van der Waals surface area contributed by atoms with Crippen LogP contribution in [0.3, 0.4) is 0 Å². The topological polar surface area (TPSA) is 58.6 Å². The van der Waals surface area contributed by atoms with Crippen LogP contribution in [0.4, 0.5) is 0 Å². The molecule has 0 spiro atoms. The second-order valence-corrected chi connectivity index (χ2v) is 6.99. The predicted molar refractivity (Wildman–Crippen MR) is 73.2 cm³/mol. The maximum absolute atomic E-state index is 12.0. The van der Waals surface area contributed by atoms with Crippen molar-refractivity contribution in [3.8, 4) is 0 Å². The Bertz CT molecular complexity index is 313. The van der Waals surface area contributed by atoms with Crippen LogP contribution >= 0.6 is 0 Å². The molecule has 0 amide bonds. The minimum Gasteiger partial charge on any atom is -0.377 e. The van der Waals surface area contributed by atoms with E-state index in [1.165, 1.54) is 4.31 Å². The first-order chi connectivity index (χ1) is 8.56. The number of nitrogens with one attached hydrogen (secondary N) is 1. The molecule has 108 valence electrons. The van der Waals surface area contributed by atoms with E-state index in [0.29, 0.717) is 13.0 Å². The molecular formula is C12H26N2O3S. The van der Waals surface area contributed by atoms with Gasteiger partial charge < -0.3 is 10.1 Å². The number of ether oxygens (including phenoxy) is 1. The van der Waals surface area contributed by atoms with Crippen molar-refractivity contribution in [2.24, 2.45) is 0 Å². The molecule has 5 nitrogen and oxygen atoms in total. The van der Waals surface area contributed by atoms with Crippen molar-refractivity contribution in [2.45, 2.75) is 38.7 Å². The molecule has 6 heteroatoms. The molecule has 0 saturated carbocycles. The Morgan fingerprint density at radius 2 is 2.17 bits per heavy atom. The summed E-state index contributed by atoms with van der Waals surface area (Å²) in [5.41, 5.74) is 0. The summed E-state index contributed by atoms with van der Waals surface area (Å²) in [5.74, 6) is 0.212. The highest BCUT2D eigenvalue weighted by Crippen LogP contribution is 2.14. The lowest BCUT2D eigenvalue weighted by atomic mass is 10.1. The quantitative estimate of drug-likeness (QED) is 0.668. The third kappa shape index (κ3) is 5.65. The van der Waals surface area contributed by atoms with E-state index >= 15 is 0 Å². The fourth-order valence-corrected chi connectivity index (χ4v) is 3.28. The largest absolute Gasteiger partial charge is 0.377 e. The molecule has 1 N–H and O–H groups in total. The Morgan fingerprint density at radius 1 is 1.39 bits per heavy atom. The van der Waals surface area contributed by atoms with Gasteiger partial charge in [0, 0.05) is 20.2 Å². The number of hydrogen-bond donors (Lipinski definition) is 1. The normalized spacial score (nSPS) is 21.4. The van der Waals surface area contributed by atoms with Crippen LogP contribution in [-0.4, -0.2) is 57.9 Å². The summed E-state index contributed by atoms with van der Waals surface area (Å²) in [6.07, 6.45) is 3.94. The molecule has 1 aliphatic rings. The van der Waals surface area contributed by atoms with Crippen molar-refractivity contribution >= 4 is 10.0 Å². The molecule has 0 aromatic rings. The van der Waals surface area contributed by atoms with Gasteiger partial charge in [-0.2, -0.15) is 0 Å². The van der Waals surface area contributed by atoms with E-state index in [0.717, 1.165) is 39.0 Å². The van der Waals surface area contributed by atoms with Crippen LogP contribution in [0.5, 0.6) is 0 Å². The molecule has 0 radical (unpaired) electrons. The molecule has 1 rings (SSSR count). The van der Waals surface area contributed by atoms with Crippen LogP contribution < -0.4 is 5.32 Å². The van der Waals surface area contributed by atoms with Gasteiger partial charge in [0.25, 0.3) is 0 Å². The molecular weight excluding hydrogens is 252 g/mol. The van der Waals surface area contributed by atoms with Gasteiger partial charge in [-0.15, -0.1) is 0 Å². The maximum Gasteiger partial charge on any atom is 0.213 e. The van der Waals surface area contributed by atoms with E-state index < -0.39 is 10.0 Å². The summed E-state index contributed by atoms with van der Waals surface area (Å²) in [4.78, 5) is 0. The summed E-state index contributed by atoms with van der Waals surface area (Å²) in [6, 6.07) is 0. The Labute approximate surface area is 111 Å². The monoisotopic (exact) mass is 278 g/mol. The number of rotatable bonds is 8. The molecule has 18 heavy (non-hydrogen) atoms.